The fourth-order valence-corrected chi connectivity index (χ4v) is 0.590. The van der Waals surface area contributed by atoms with E-state index in [0.717, 1.165) is 6.42 Å². The van der Waals surface area contributed by atoms with Gasteiger partial charge in [0.05, 0.1) is 0 Å². The van der Waals surface area contributed by atoms with Crippen LogP contribution in [-0.4, -0.2) is 6.04 Å². The molecule has 1 unspecified atom stereocenters. The van der Waals surface area contributed by atoms with Crippen LogP contribution in [0.3, 0.4) is 0 Å². The molecule has 0 aromatic carbocycles. The summed E-state index contributed by atoms with van der Waals surface area (Å²) in [6, 6.07) is 0.268. The maximum Gasteiger partial charge on any atom is 0.00451 e. The van der Waals surface area contributed by atoms with Crippen molar-refractivity contribution in [3.63, 3.8) is 0 Å². The predicted molar refractivity (Wildman–Crippen MR) is 45.5 cm³/mol. The second kappa shape index (κ2) is 6.05. The van der Waals surface area contributed by atoms with Crippen molar-refractivity contribution in [2.24, 2.45) is 5.73 Å². The van der Waals surface area contributed by atoms with Crippen LogP contribution in [-0.2, 0) is 0 Å². The molecule has 0 aliphatic heterocycles. The van der Waals surface area contributed by atoms with Crippen molar-refractivity contribution in [2.45, 2.75) is 19.4 Å². The molecule has 52 valence electrons. The van der Waals surface area contributed by atoms with E-state index < -0.39 is 0 Å². The molecule has 0 fully saturated rings. The minimum absolute atomic E-state index is 0.268. The molecule has 2 N–H and O–H groups in total. The molecule has 0 bridgehead atoms. The highest BCUT2D eigenvalue weighted by Gasteiger charge is 1.84. The van der Waals surface area contributed by atoms with Gasteiger partial charge in [-0.3, -0.25) is 0 Å². The van der Waals surface area contributed by atoms with Crippen LogP contribution in [0.5, 0.6) is 0 Å². The van der Waals surface area contributed by atoms with Gasteiger partial charge in [-0.15, -0.1) is 0 Å². The van der Waals surface area contributed by atoms with Gasteiger partial charge in [0.25, 0.3) is 0 Å². The summed E-state index contributed by atoms with van der Waals surface area (Å²) in [4.78, 5) is 1.81. The van der Waals surface area contributed by atoms with Crippen molar-refractivity contribution >= 4 is 15.9 Å². The summed E-state index contributed by atoms with van der Waals surface area (Å²) in [7, 11) is 0. The number of allylic oxidation sites excluding steroid dienone is 2. The topological polar surface area (TPSA) is 26.0 Å². The normalized spacial score (nSPS) is 15.4. The molecule has 1 atom stereocenters. The fraction of sp³-hybridized carbons (Fsp3) is 0.429. The Balaban J connectivity index is 3.25. The lowest BCUT2D eigenvalue weighted by molar-refractivity contribution is 0.757. The monoisotopic (exact) mass is 189 g/mol. The van der Waals surface area contributed by atoms with Gasteiger partial charge in [-0.25, -0.2) is 0 Å². The van der Waals surface area contributed by atoms with Gasteiger partial charge in [-0.05, 0) is 18.3 Å². The first-order chi connectivity index (χ1) is 4.27. The van der Waals surface area contributed by atoms with Crippen LogP contribution in [0.25, 0.3) is 0 Å². The average molecular weight is 190 g/mol. The highest BCUT2D eigenvalue weighted by atomic mass is 79.9. The zero-order valence-electron chi connectivity index (χ0n) is 5.55. The minimum Gasteiger partial charge on any atom is -0.328 e. The Hall–Kier alpha value is -0.0800. The standard InChI is InChI=1S/C7H12BrN/c1-7(9)5-3-2-4-6-8/h2-4,6-7H,5,9H2,1H3/b3-2-,6-4+. The van der Waals surface area contributed by atoms with Gasteiger partial charge in [0.1, 0.15) is 0 Å². The van der Waals surface area contributed by atoms with E-state index in [-0.39, 0.29) is 6.04 Å². The second-order valence-corrected chi connectivity index (χ2v) is 2.49. The fourth-order valence-electron chi connectivity index (χ4n) is 0.414. The second-order valence-electron chi connectivity index (χ2n) is 1.96. The molecular formula is C7H12BrN. The molecule has 0 aromatic rings. The quantitative estimate of drug-likeness (QED) is 0.678. The van der Waals surface area contributed by atoms with E-state index in [0.29, 0.717) is 0 Å². The first kappa shape index (κ1) is 8.92. The Kier molecular flexibility index (Phi) is 5.99. The summed E-state index contributed by atoms with van der Waals surface area (Å²) in [5, 5.41) is 0. The van der Waals surface area contributed by atoms with E-state index in [4.69, 9.17) is 5.73 Å². The number of halogens is 1. The molecule has 0 aliphatic carbocycles. The van der Waals surface area contributed by atoms with E-state index in [1.54, 1.807) is 0 Å². The van der Waals surface area contributed by atoms with Crippen LogP contribution >= 0.6 is 15.9 Å². The molecule has 0 spiro atoms. The van der Waals surface area contributed by atoms with E-state index in [1.807, 2.05) is 30.1 Å². The number of rotatable bonds is 3. The van der Waals surface area contributed by atoms with Gasteiger partial charge >= 0.3 is 0 Å². The summed E-state index contributed by atoms with van der Waals surface area (Å²) in [5.74, 6) is 0. The molecule has 0 amide bonds. The molecule has 0 aliphatic rings. The van der Waals surface area contributed by atoms with Crippen molar-refractivity contribution in [1.29, 1.82) is 0 Å². The molecule has 0 saturated heterocycles. The predicted octanol–water partition coefficient (Wildman–Crippen LogP) is 2.19. The maximum absolute atomic E-state index is 5.49. The van der Waals surface area contributed by atoms with Gasteiger partial charge in [0.15, 0.2) is 0 Å². The van der Waals surface area contributed by atoms with Crippen LogP contribution in [0, 0.1) is 0 Å². The molecule has 1 nitrogen and oxygen atoms in total. The maximum atomic E-state index is 5.49. The zero-order valence-corrected chi connectivity index (χ0v) is 7.14. The van der Waals surface area contributed by atoms with E-state index in [9.17, 15) is 0 Å². The first-order valence-corrected chi connectivity index (χ1v) is 3.86. The van der Waals surface area contributed by atoms with Crippen LogP contribution < -0.4 is 5.73 Å². The third-order valence-corrected chi connectivity index (χ3v) is 1.13. The lowest BCUT2D eigenvalue weighted by Gasteiger charge is -1.95. The highest BCUT2D eigenvalue weighted by molar-refractivity contribution is 9.11. The smallest absolute Gasteiger partial charge is 0.00451 e. The third kappa shape index (κ3) is 7.92. The summed E-state index contributed by atoms with van der Waals surface area (Å²) in [6.07, 6.45) is 6.88. The number of nitrogens with two attached hydrogens (primary N) is 1. The van der Waals surface area contributed by atoms with Crippen molar-refractivity contribution in [2.75, 3.05) is 0 Å². The van der Waals surface area contributed by atoms with Gasteiger partial charge in [-0.1, -0.05) is 34.2 Å². The summed E-state index contributed by atoms with van der Waals surface area (Å²) in [5.41, 5.74) is 5.49. The van der Waals surface area contributed by atoms with E-state index >= 15 is 0 Å². The molecule has 9 heavy (non-hydrogen) atoms. The lowest BCUT2D eigenvalue weighted by Crippen LogP contribution is -2.12. The summed E-state index contributed by atoms with van der Waals surface area (Å²) in [6.45, 7) is 1.99. The zero-order chi connectivity index (χ0) is 7.11. The van der Waals surface area contributed by atoms with Crippen molar-refractivity contribution in [1.82, 2.24) is 0 Å². The Bertz CT molecular complexity index is 105. The molecule has 0 saturated carbocycles. The molecule has 0 radical (unpaired) electrons. The van der Waals surface area contributed by atoms with Crippen LogP contribution in [0.4, 0.5) is 0 Å². The van der Waals surface area contributed by atoms with Crippen LogP contribution in [0.15, 0.2) is 23.2 Å². The lowest BCUT2D eigenvalue weighted by atomic mass is 10.2. The Morgan fingerprint density at radius 3 is 2.67 bits per heavy atom. The number of hydrogen-bond acceptors (Lipinski definition) is 1. The Morgan fingerprint density at radius 2 is 2.22 bits per heavy atom. The third-order valence-electron chi connectivity index (χ3n) is 0.828. The molecule has 0 heterocycles. The van der Waals surface area contributed by atoms with Crippen molar-refractivity contribution < 1.29 is 0 Å². The van der Waals surface area contributed by atoms with Crippen molar-refractivity contribution in [3.8, 4) is 0 Å². The summed E-state index contributed by atoms with van der Waals surface area (Å²) < 4.78 is 0. The molecular weight excluding hydrogens is 178 g/mol. The summed E-state index contributed by atoms with van der Waals surface area (Å²) >= 11 is 3.15. The average Bonchev–Trinajstić information content (AvgIpc) is 1.80. The highest BCUT2D eigenvalue weighted by Crippen LogP contribution is 1.89. The SMILES string of the molecule is CC(N)C/C=C\C=C\Br. The van der Waals surface area contributed by atoms with Crippen molar-refractivity contribution in [3.05, 3.63) is 23.2 Å². The Morgan fingerprint density at radius 1 is 1.56 bits per heavy atom. The first-order valence-electron chi connectivity index (χ1n) is 2.95. The van der Waals surface area contributed by atoms with Gasteiger partial charge in [-0.2, -0.15) is 0 Å². The van der Waals surface area contributed by atoms with E-state index in [2.05, 4.69) is 15.9 Å². The van der Waals surface area contributed by atoms with Crippen LogP contribution in [0.2, 0.25) is 0 Å². The largest absolute Gasteiger partial charge is 0.328 e. The Labute approximate surface area is 64.8 Å². The molecule has 0 rings (SSSR count). The van der Waals surface area contributed by atoms with Gasteiger partial charge in [0.2, 0.25) is 0 Å². The minimum atomic E-state index is 0.268. The molecule has 0 aromatic heterocycles. The van der Waals surface area contributed by atoms with E-state index in [1.165, 1.54) is 0 Å². The number of hydrogen-bond donors (Lipinski definition) is 1. The van der Waals surface area contributed by atoms with Gasteiger partial charge < -0.3 is 5.73 Å². The van der Waals surface area contributed by atoms with Crippen LogP contribution in [0.1, 0.15) is 13.3 Å². The van der Waals surface area contributed by atoms with Gasteiger partial charge in [0, 0.05) is 6.04 Å². The molecule has 2 heteroatoms.